The molecule has 0 saturated carbocycles. The van der Waals surface area contributed by atoms with Gasteiger partial charge >= 0.3 is 6.03 Å². The average Bonchev–Trinajstić information content (AvgIpc) is 3.05. The van der Waals surface area contributed by atoms with Crippen LogP contribution in [0.15, 0.2) is 48.7 Å². The van der Waals surface area contributed by atoms with Crippen LogP contribution >= 0.6 is 11.5 Å². The first-order valence-electron chi connectivity index (χ1n) is 7.92. The van der Waals surface area contributed by atoms with Gasteiger partial charge in [0.15, 0.2) is 0 Å². The van der Waals surface area contributed by atoms with Crippen LogP contribution in [0.2, 0.25) is 0 Å². The number of urea groups is 1. The minimum absolute atomic E-state index is 0.187. The third kappa shape index (κ3) is 4.23. The molecule has 0 bridgehead atoms. The zero-order valence-electron chi connectivity index (χ0n) is 13.4. The molecule has 0 aliphatic carbocycles. The van der Waals surface area contributed by atoms with E-state index in [1.807, 2.05) is 48.7 Å². The third-order valence-corrected chi connectivity index (χ3v) is 4.27. The van der Waals surface area contributed by atoms with Crippen LogP contribution in [0.1, 0.15) is 19.8 Å². The molecule has 2 amide bonds. The molecule has 2 N–H and O–H groups in total. The standard InChI is InChI=1S/C18H19N3O2S/c1-2-3-10-19-18(22)21-14-4-6-15(7-5-14)23-16-8-9-17-13(11-16)12-20-24-17/h4-9,11-12H,2-3,10H2,1H3,(H2,19,21,22). The van der Waals surface area contributed by atoms with Crippen LogP contribution in [-0.2, 0) is 0 Å². The largest absolute Gasteiger partial charge is 0.457 e. The van der Waals surface area contributed by atoms with E-state index in [9.17, 15) is 4.79 Å². The van der Waals surface area contributed by atoms with Crippen LogP contribution in [0, 0.1) is 0 Å². The molecule has 1 aromatic heterocycles. The first-order valence-corrected chi connectivity index (χ1v) is 8.69. The molecule has 2 aromatic carbocycles. The maximum atomic E-state index is 11.7. The predicted molar refractivity (Wildman–Crippen MR) is 98.1 cm³/mol. The summed E-state index contributed by atoms with van der Waals surface area (Å²) < 4.78 is 11.1. The van der Waals surface area contributed by atoms with E-state index >= 15 is 0 Å². The molecule has 0 spiro atoms. The zero-order valence-corrected chi connectivity index (χ0v) is 14.2. The number of fused-ring (bicyclic) bond motifs is 1. The molecule has 0 aliphatic rings. The molecular formula is C18H19N3O2S. The van der Waals surface area contributed by atoms with Gasteiger partial charge in [-0.3, -0.25) is 0 Å². The number of benzene rings is 2. The lowest BCUT2D eigenvalue weighted by Crippen LogP contribution is -2.29. The van der Waals surface area contributed by atoms with Gasteiger partial charge in [0.2, 0.25) is 0 Å². The van der Waals surface area contributed by atoms with Crippen LogP contribution in [0.5, 0.6) is 11.5 Å². The van der Waals surface area contributed by atoms with E-state index in [2.05, 4.69) is 21.9 Å². The van der Waals surface area contributed by atoms with E-state index in [1.165, 1.54) is 11.5 Å². The monoisotopic (exact) mass is 341 g/mol. The Kier molecular flexibility index (Phi) is 5.28. The molecule has 0 atom stereocenters. The molecule has 0 fully saturated rings. The van der Waals surface area contributed by atoms with Gasteiger partial charge < -0.3 is 15.4 Å². The maximum Gasteiger partial charge on any atom is 0.319 e. The summed E-state index contributed by atoms with van der Waals surface area (Å²) in [5.41, 5.74) is 0.730. The number of amides is 2. The van der Waals surface area contributed by atoms with Crippen molar-refractivity contribution in [3.63, 3.8) is 0 Å². The van der Waals surface area contributed by atoms with Gasteiger partial charge in [-0.05, 0) is 60.4 Å². The zero-order chi connectivity index (χ0) is 16.8. The molecule has 6 heteroatoms. The van der Waals surface area contributed by atoms with Gasteiger partial charge in [-0.25, -0.2) is 4.79 Å². The van der Waals surface area contributed by atoms with Crippen LogP contribution in [0.25, 0.3) is 10.1 Å². The number of nitrogens with zero attached hydrogens (tertiary/aromatic N) is 1. The Balaban J connectivity index is 1.58. The van der Waals surface area contributed by atoms with E-state index in [4.69, 9.17) is 4.74 Å². The fourth-order valence-electron chi connectivity index (χ4n) is 2.21. The number of carbonyl (C=O) groups excluding carboxylic acids is 1. The highest BCUT2D eigenvalue weighted by Gasteiger charge is 2.03. The molecule has 0 unspecified atom stereocenters. The van der Waals surface area contributed by atoms with Gasteiger partial charge in [0.05, 0.1) is 4.70 Å². The maximum absolute atomic E-state index is 11.7. The SMILES string of the molecule is CCCCNC(=O)Nc1ccc(Oc2ccc3sncc3c2)cc1. The molecule has 0 aliphatic heterocycles. The first-order chi connectivity index (χ1) is 11.7. The van der Waals surface area contributed by atoms with Crippen molar-refractivity contribution in [2.24, 2.45) is 0 Å². The molecule has 0 saturated heterocycles. The van der Waals surface area contributed by atoms with Gasteiger partial charge in [0.1, 0.15) is 11.5 Å². The highest BCUT2D eigenvalue weighted by Crippen LogP contribution is 2.27. The molecule has 0 radical (unpaired) electrons. The van der Waals surface area contributed by atoms with Gasteiger partial charge in [-0.15, -0.1) is 0 Å². The lowest BCUT2D eigenvalue weighted by Gasteiger charge is -2.09. The normalized spacial score (nSPS) is 10.5. The van der Waals surface area contributed by atoms with Crippen molar-refractivity contribution in [3.8, 4) is 11.5 Å². The van der Waals surface area contributed by atoms with E-state index < -0.39 is 0 Å². The Bertz CT molecular complexity index is 815. The summed E-state index contributed by atoms with van der Waals surface area (Å²) in [5.74, 6) is 1.48. The number of rotatable bonds is 6. The molecule has 1 heterocycles. The Morgan fingerprint density at radius 1 is 1.17 bits per heavy atom. The van der Waals surface area contributed by atoms with Crippen molar-refractivity contribution in [2.45, 2.75) is 19.8 Å². The summed E-state index contributed by atoms with van der Waals surface area (Å²) in [7, 11) is 0. The highest BCUT2D eigenvalue weighted by molar-refractivity contribution is 7.13. The number of hydrogen-bond acceptors (Lipinski definition) is 4. The molecular weight excluding hydrogens is 322 g/mol. The number of aromatic nitrogens is 1. The van der Waals surface area contributed by atoms with E-state index in [-0.39, 0.29) is 6.03 Å². The summed E-state index contributed by atoms with van der Waals surface area (Å²) in [6, 6.07) is 13.0. The Hall–Kier alpha value is -2.60. The van der Waals surface area contributed by atoms with Gasteiger partial charge in [-0.2, -0.15) is 4.37 Å². The number of unbranched alkanes of at least 4 members (excludes halogenated alkanes) is 1. The summed E-state index contributed by atoms with van der Waals surface area (Å²) in [6.07, 6.45) is 3.86. The number of hydrogen-bond donors (Lipinski definition) is 2. The number of ether oxygens (including phenoxy) is 1. The number of anilines is 1. The van der Waals surface area contributed by atoms with Crippen molar-refractivity contribution in [1.82, 2.24) is 9.69 Å². The van der Waals surface area contributed by atoms with Crippen LogP contribution < -0.4 is 15.4 Å². The third-order valence-electron chi connectivity index (χ3n) is 3.49. The molecule has 5 nitrogen and oxygen atoms in total. The van der Waals surface area contributed by atoms with Crippen molar-refractivity contribution in [3.05, 3.63) is 48.7 Å². The molecule has 3 aromatic rings. The predicted octanol–water partition coefficient (Wildman–Crippen LogP) is 5.01. The molecule has 24 heavy (non-hydrogen) atoms. The van der Waals surface area contributed by atoms with E-state index in [1.54, 1.807) is 0 Å². The fourth-order valence-corrected chi connectivity index (χ4v) is 2.84. The lowest BCUT2D eigenvalue weighted by atomic mass is 10.2. The van der Waals surface area contributed by atoms with Crippen molar-refractivity contribution < 1.29 is 9.53 Å². The van der Waals surface area contributed by atoms with Crippen molar-refractivity contribution >= 4 is 33.3 Å². The minimum Gasteiger partial charge on any atom is -0.457 e. The minimum atomic E-state index is -0.187. The van der Waals surface area contributed by atoms with Crippen molar-refractivity contribution in [2.75, 3.05) is 11.9 Å². The number of nitrogens with one attached hydrogen (secondary N) is 2. The second-order valence-electron chi connectivity index (χ2n) is 5.39. The average molecular weight is 341 g/mol. The smallest absolute Gasteiger partial charge is 0.319 e. The Labute approximate surface area is 144 Å². The summed E-state index contributed by atoms with van der Waals surface area (Å²) in [6.45, 7) is 2.77. The van der Waals surface area contributed by atoms with Gasteiger partial charge in [0, 0.05) is 23.8 Å². The second kappa shape index (κ2) is 7.79. The number of carbonyl (C=O) groups is 1. The quantitative estimate of drug-likeness (QED) is 0.619. The van der Waals surface area contributed by atoms with Gasteiger partial charge in [0.25, 0.3) is 0 Å². The van der Waals surface area contributed by atoms with E-state index in [0.29, 0.717) is 6.54 Å². The summed E-state index contributed by atoms with van der Waals surface area (Å²) in [5, 5.41) is 6.68. The fraction of sp³-hybridized carbons (Fsp3) is 0.222. The van der Waals surface area contributed by atoms with Crippen LogP contribution in [0.4, 0.5) is 10.5 Å². The lowest BCUT2D eigenvalue weighted by molar-refractivity contribution is 0.252. The van der Waals surface area contributed by atoms with Crippen LogP contribution in [-0.4, -0.2) is 16.9 Å². The van der Waals surface area contributed by atoms with E-state index in [0.717, 1.165) is 40.1 Å². The Morgan fingerprint density at radius 3 is 2.75 bits per heavy atom. The second-order valence-corrected chi connectivity index (χ2v) is 6.22. The van der Waals surface area contributed by atoms with Crippen molar-refractivity contribution in [1.29, 1.82) is 0 Å². The summed E-state index contributed by atoms with van der Waals surface area (Å²) >= 11 is 1.47. The Morgan fingerprint density at radius 2 is 1.96 bits per heavy atom. The molecule has 3 rings (SSSR count). The topological polar surface area (TPSA) is 63.2 Å². The highest BCUT2D eigenvalue weighted by atomic mass is 32.1. The molecule has 124 valence electrons. The van der Waals surface area contributed by atoms with Gasteiger partial charge in [-0.1, -0.05) is 13.3 Å². The van der Waals surface area contributed by atoms with Crippen LogP contribution in [0.3, 0.4) is 0 Å². The summed E-state index contributed by atoms with van der Waals surface area (Å²) in [4.78, 5) is 11.7. The first kappa shape index (κ1) is 16.3.